The van der Waals surface area contributed by atoms with E-state index < -0.39 is 0 Å². The second kappa shape index (κ2) is 9.41. The lowest BCUT2D eigenvalue weighted by molar-refractivity contribution is 0.184. The third-order valence-electron chi connectivity index (χ3n) is 3.30. The van der Waals surface area contributed by atoms with Gasteiger partial charge in [-0.3, -0.25) is 0 Å². The zero-order valence-corrected chi connectivity index (χ0v) is 14.8. The van der Waals surface area contributed by atoms with Crippen LogP contribution < -0.4 is 10.1 Å². The molecule has 0 bridgehead atoms. The van der Waals surface area contributed by atoms with Gasteiger partial charge in [-0.25, -0.2) is 0 Å². The van der Waals surface area contributed by atoms with E-state index in [1.54, 1.807) is 0 Å². The van der Waals surface area contributed by atoms with Gasteiger partial charge in [0.05, 0.1) is 0 Å². The van der Waals surface area contributed by atoms with Gasteiger partial charge in [-0.05, 0) is 49.1 Å². The van der Waals surface area contributed by atoms with Crippen LogP contribution in [0.3, 0.4) is 0 Å². The molecular weight excluding hydrogens is 314 g/mol. The highest BCUT2D eigenvalue weighted by molar-refractivity contribution is 9.10. The molecule has 1 aromatic rings. The van der Waals surface area contributed by atoms with Gasteiger partial charge in [-0.15, -0.1) is 0 Å². The average Bonchev–Trinajstić information content (AvgIpc) is 2.41. The highest BCUT2D eigenvalue weighted by Crippen LogP contribution is 2.30. The molecule has 0 saturated heterocycles. The molecule has 1 aromatic carbocycles. The van der Waals surface area contributed by atoms with Crippen molar-refractivity contribution in [3.63, 3.8) is 0 Å². The maximum atomic E-state index is 6.27. The van der Waals surface area contributed by atoms with Crippen LogP contribution in [0.15, 0.2) is 22.7 Å². The number of hydrogen-bond acceptors (Lipinski definition) is 2. The minimum absolute atomic E-state index is 0.255. The van der Waals surface area contributed by atoms with E-state index in [1.165, 1.54) is 5.56 Å². The number of halogens is 1. The summed E-state index contributed by atoms with van der Waals surface area (Å²) in [5.74, 6) is 1.49. The van der Waals surface area contributed by atoms with Gasteiger partial charge < -0.3 is 10.1 Å². The Hall–Kier alpha value is -0.540. The van der Waals surface area contributed by atoms with E-state index >= 15 is 0 Å². The summed E-state index contributed by atoms with van der Waals surface area (Å²) in [5.41, 5.74) is 1.27. The summed E-state index contributed by atoms with van der Waals surface area (Å²) in [6.45, 7) is 10.8. The monoisotopic (exact) mass is 341 g/mol. The van der Waals surface area contributed by atoms with E-state index in [-0.39, 0.29) is 6.10 Å². The number of rotatable bonds is 9. The first-order chi connectivity index (χ1) is 9.58. The van der Waals surface area contributed by atoms with Crippen molar-refractivity contribution in [1.29, 1.82) is 0 Å². The molecule has 1 rings (SSSR count). The lowest BCUT2D eigenvalue weighted by Gasteiger charge is -2.22. The standard InChI is InChI=1S/C17H28BrNO/c1-5-7-15(12-19-10-6-2)20-17-9-8-14(18)11-16(17)13(3)4/h8-9,11,13,15,19H,5-7,10,12H2,1-4H3. The summed E-state index contributed by atoms with van der Waals surface area (Å²) >= 11 is 3.54. The molecular formula is C17H28BrNO. The Labute approximate surface area is 132 Å². The Kier molecular flexibility index (Phi) is 8.24. The Morgan fingerprint density at radius 2 is 1.95 bits per heavy atom. The van der Waals surface area contributed by atoms with Crippen LogP contribution in [0.2, 0.25) is 0 Å². The van der Waals surface area contributed by atoms with Gasteiger partial charge in [-0.2, -0.15) is 0 Å². The van der Waals surface area contributed by atoms with Crippen molar-refractivity contribution in [3.8, 4) is 5.75 Å². The van der Waals surface area contributed by atoms with E-state index in [0.29, 0.717) is 5.92 Å². The minimum Gasteiger partial charge on any atom is -0.489 e. The van der Waals surface area contributed by atoms with Crippen molar-refractivity contribution in [3.05, 3.63) is 28.2 Å². The molecule has 3 heteroatoms. The van der Waals surface area contributed by atoms with E-state index in [0.717, 1.165) is 42.6 Å². The normalized spacial score (nSPS) is 12.7. The Morgan fingerprint density at radius 3 is 2.55 bits per heavy atom. The molecule has 0 heterocycles. The first kappa shape index (κ1) is 17.5. The third-order valence-corrected chi connectivity index (χ3v) is 3.79. The van der Waals surface area contributed by atoms with Crippen LogP contribution >= 0.6 is 15.9 Å². The highest BCUT2D eigenvalue weighted by Gasteiger charge is 2.14. The van der Waals surface area contributed by atoms with E-state index in [4.69, 9.17) is 4.74 Å². The van der Waals surface area contributed by atoms with Gasteiger partial charge in [0.1, 0.15) is 11.9 Å². The third kappa shape index (κ3) is 5.84. The summed E-state index contributed by atoms with van der Waals surface area (Å²) in [6.07, 6.45) is 3.65. The minimum atomic E-state index is 0.255. The predicted octanol–water partition coefficient (Wildman–Crippen LogP) is 5.12. The second-order valence-corrected chi connectivity index (χ2v) is 6.49. The van der Waals surface area contributed by atoms with Gasteiger partial charge in [0.2, 0.25) is 0 Å². The predicted molar refractivity (Wildman–Crippen MR) is 90.7 cm³/mol. The average molecular weight is 342 g/mol. The molecule has 0 aromatic heterocycles. The molecule has 0 saturated carbocycles. The number of hydrogen-bond donors (Lipinski definition) is 1. The van der Waals surface area contributed by atoms with Crippen molar-refractivity contribution in [2.75, 3.05) is 13.1 Å². The summed E-state index contributed by atoms with van der Waals surface area (Å²) in [6, 6.07) is 6.31. The quantitative estimate of drug-likeness (QED) is 0.629. The second-order valence-electron chi connectivity index (χ2n) is 5.57. The summed E-state index contributed by atoms with van der Waals surface area (Å²) in [5, 5.41) is 3.47. The SMILES string of the molecule is CCCNCC(CCC)Oc1ccc(Br)cc1C(C)C. The molecule has 1 atom stereocenters. The maximum Gasteiger partial charge on any atom is 0.123 e. The highest BCUT2D eigenvalue weighted by atomic mass is 79.9. The van der Waals surface area contributed by atoms with Crippen molar-refractivity contribution in [2.45, 2.75) is 59.0 Å². The van der Waals surface area contributed by atoms with Gasteiger partial charge in [0.25, 0.3) is 0 Å². The van der Waals surface area contributed by atoms with Crippen LogP contribution in [0.25, 0.3) is 0 Å². The fourth-order valence-electron chi connectivity index (χ4n) is 2.22. The van der Waals surface area contributed by atoms with Crippen LogP contribution in [-0.2, 0) is 0 Å². The number of ether oxygens (including phenoxy) is 1. The van der Waals surface area contributed by atoms with Crippen molar-refractivity contribution in [2.24, 2.45) is 0 Å². The molecule has 114 valence electrons. The summed E-state index contributed by atoms with van der Waals surface area (Å²) in [7, 11) is 0. The molecule has 0 aliphatic rings. The molecule has 2 nitrogen and oxygen atoms in total. The Balaban J connectivity index is 2.76. The van der Waals surface area contributed by atoms with Crippen LogP contribution in [-0.4, -0.2) is 19.2 Å². The van der Waals surface area contributed by atoms with Crippen LogP contribution in [0.1, 0.15) is 58.4 Å². The smallest absolute Gasteiger partial charge is 0.123 e. The molecule has 1 unspecified atom stereocenters. The summed E-state index contributed by atoms with van der Waals surface area (Å²) in [4.78, 5) is 0. The Morgan fingerprint density at radius 1 is 1.20 bits per heavy atom. The van der Waals surface area contributed by atoms with Crippen molar-refractivity contribution < 1.29 is 4.74 Å². The molecule has 1 N–H and O–H groups in total. The summed E-state index contributed by atoms with van der Waals surface area (Å²) < 4.78 is 7.38. The number of benzene rings is 1. The first-order valence-electron chi connectivity index (χ1n) is 7.75. The molecule has 0 aliphatic carbocycles. The molecule has 0 aliphatic heterocycles. The fourth-order valence-corrected chi connectivity index (χ4v) is 2.60. The number of nitrogens with one attached hydrogen (secondary N) is 1. The molecule has 0 amide bonds. The topological polar surface area (TPSA) is 21.3 Å². The van der Waals surface area contributed by atoms with Crippen molar-refractivity contribution >= 4 is 15.9 Å². The lowest BCUT2D eigenvalue weighted by Crippen LogP contribution is -2.32. The van der Waals surface area contributed by atoms with Gasteiger partial charge in [0, 0.05) is 11.0 Å². The first-order valence-corrected chi connectivity index (χ1v) is 8.54. The van der Waals surface area contributed by atoms with E-state index in [2.05, 4.69) is 67.1 Å². The zero-order chi connectivity index (χ0) is 15.0. The van der Waals surface area contributed by atoms with Crippen LogP contribution in [0.5, 0.6) is 5.75 Å². The molecule has 0 radical (unpaired) electrons. The Bertz CT molecular complexity index is 393. The maximum absolute atomic E-state index is 6.27. The molecule has 0 fully saturated rings. The molecule has 0 spiro atoms. The van der Waals surface area contributed by atoms with Crippen LogP contribution in [0, 0.1) is 0 Å². The van der Waals surface area contributed by atoms with E-state index in [9.17, 15) is 0 Å². The van der Waals surface area contributed by atoms with Crippen LogP contribution in [0.4, 0.5) is 0 Å². The lowest BCUT2D eigenvalue weighted by atomic mass is 10.0. The molecule has 20 heavy (non-hydrogen) atoms. The van der Waals surface area contributed by atoms with E-state index in [1.807, 2.05) is 0 Å². The van der Waals surface area contributed by atoms with Gasteiger partial charge in [-0.1, -0.05) is 50.0 Å². The largest absolute Gasteiger partial charge is 0.489 e. The van der Waals surface area contributed by atoms with Gasteiger partial charge in [0.15, 0.2) is 0 Å². The van der Waals surface area contributed by atoms with Gasteiger partial charge >= 0.3 is 0 Å². The zero-order valence-electron chi connectivity index (χ0n) is 13.2. The van der Waals surface area contributed by atoms with Crippen molar-refractivity contribution in [1.82, 2.24) is 5.32 Å². The fraction of sp³-hybridized carbons (Fsp3) is 0.647.